The zero-order chi connectivity index (χ0) is 37.0. The molecule has 0 saturated heterocycles. The van der Waals surface area contributed by atoms with Crippen molar-refractivity contribution in [2.24, 2.45) is 0 Å². The van der Waals surface area contributed by atoms with Crippen molar-refractivity contribution in [1.29, 1.82) is 0 Å². The van der Waals surface area contributed by atoms with E-state index in [1.165, 1.54) is 65.5 Å². The molecule has 0 amide bonds. The van der Waals surface area contributed by atoms with Crippen molar-refractivity contribution in [3.05, 3.63) is 212 Å². The number of hydrogen-bond donors (Lipinski definition) is 0. The summed E-state index contributed by atoms with van der Waals surface area (Å²) >= 11 is 0. The van der Waals surface area contributed by atoms with E-state index in [9.17, 15) is 0 Å². The largest absolute Gasteiger partial charge is 0.456 e. The maximum absolute atomic E-state index is 6.38. The highest BCUT2D eigenvalue weighted by Gasteiger charge is 2.21. The summed E-state index contributed by atoms with van der Waals surface area (Å²) < 4.78 is 6.38. The molecule has 56 heavy (non-hydrogen) atoms. The first-order valence-electron chi connectivity index (χ1n) is 19.2. The van der Waals surface area contributed by atoms with Gasteiger partial charge in [0.15, 0.2) is 0 Å². The van der Waals surface area contributed by atoms with Gasteiger partial charge in [0.25, 0.3) is 0 Å². The Balaban J connectivity index is 1.14. The Morgan fingerprint density at radius 1 is 0.286 bits per heavy atom. The van der Waals surface area contributed by atoms with Crippen LogP contribution in [0, 0.1) is 0 Å². The summed E-state index contributed by atoms with van der Waals surface area (Å²) in [6.07, 6.45) is 0. The molecule has 0 aliphatic rings. The van der Waals surface area contributed by atoms with Crippen LogP contribution in [0.15, 0.2) is 217 Å². The van der Waals surface area contributed by atoms with E-state index in [1.807, 2.05) is 6.07 Å². The normalized spacial score (nSPS) is 11.6. The van der Waals surface area contributed by atoms with E-state index in [0.717, 1.165) is 39.2 Å². The topological polar surface area (TPSA) is 16.4 Å². The lowest BCUT2D eigenvalue weighted by Gasteiger charge is -2.28. The molecule has 0 unspecified atom stereocenters. The van der Waals surface area contributed by atoms with Gasteiger partial charge in [-0.3, -0.25) is 0 Å². The number of nitrogens with zero attached hydrogens (tertiary/aromatic N) is 1. The molecule has 10 aromatic carbocycles. The summed E-state index contributed by atoms with van der Waals surface area (Å²) in [7, 11) is 0. The van der Waals surface area contributed by atoms with E-state index < -0.39 is 0 Å². The van der Waals surface area contributed by atoms with Gasteiger partial charge in [0, 0.05) is 33.1 Å². The Kier molecular flexibility index (Phi) is 7.53. The molecule has 0 saturated carbocycles. The molecular formula is C54H35NO. The van der Waals surface area contributed by atoms with E-state index in [-0.39, 0.29) is 0 Å². The average molecular weight is 714 g/mol. The molecule has 0 aliphatic heterocycles. The van der Waals surface area contributed by atoms with Crippen molar-refractivity contribution >= 4 is 71.3 Å². The summed E-state index contributed by atoms with van der Waals surface area (Å²) in [6, 6.07) is 76.4. The lowest BCUT2D eigenvalue weighted by atomic mass is 9.88. The molecule has 11 rings (SSSR count). The van der Waals surface area contributed by atoms with Crippen LogP contribution in [0.2, 0.25) is 0 Å². The van der Waals surface area contributed by atoms with Gasteiger partial charge in [0.2, 0.25) is 0 Å². The maximum atomic E-state index is 6.38. The quantitative estimate of drug-likeness (QED) is 0.160. The van der Waals surface area contributed by atoms with Gasteiger partial charge < -0.3 is 9.32 Å². The zero-order valence-electron chi connectivity index (χ0n) is 30.6. The molecule has 1 heterocycles. The Bertz CT molecular complexity index is 3200. The highest BCUT2D eigenvalue weighted by molar-refractivity contribution is 6.36. The SMILES string of the molecule is c1ccc(-c2ccc(N(c3cccc(-c4cccc5c6ccc7oc8ccccc8c7c6c6ccccc6c45)c3)c3ccccc3-c3ccccc3)cc2)cc1. The van der Waals surface area contributed by atoms with Gasteiger partial charge in [-0.15, -0.1) is 0 Å². The lowest BCUT2D eigenvalue weighted by Crippen LogP contribution is -2.11. The molecule has 0 N–H and O–H groups in total. The minimum atomic E-state index is 0.915. The Morgan fingerprint density at radius 3 is 1.62 bits per heavy atom. The fourth-order valence-electron chi connectivity index (χ4n) is 8.75. The third-order valence-corrected chi connectivity index (χ3v) is 11.2. The molecule has 2 nitrogen and oxygen atoms in total. The third kappa shape index (κ3) is 5.19. The van der Waals surface area contributed by atoms with Gasteiger partial charge in [0.1, 0.15) is 11.2 Å². The standard InChI is InChI=1S/C54H35NO/c1-3-15-36(16-4-1)37-29-31-40(32-30-37)55(49-27-11-9-21-42(49)38-17-5-2-6-18-38)41-20-13-19-39(35-41)43-25-14-26-45-47-33-34-51-54(48-24-10-12-28-50(48)56-51)53(47)46-23-8-7-22-44(46)52(43)45/h1-35H. The van der Waals surface area contributed by atoms with E-state index >= 15 is 0 Å². The van der Waals surface area contributed by atoms with E-state index in [4.69, 9.17) is 4.42 Å². The maximum Gasteiger partial charge on any atom is 0.136 e. The molecule has 0 aliphatic carbocycles. The van der Waals surface area contributed by atoms with Crippen LogP contribution in [0.5, 0.6) is 0 Å². The number of para-hydroxylation sites is 2. The van der Waals surface area contributed by atoms with Crippen molar-refractivity contribution in [1.82, 2.24) is 0 Å². The third-order valence-electron chi connectivity index (χ3n) is 11.2. The summed E-state index contributed by atoms with van der Waals surface area (Å²) in [5, 5.41) is 9.74. The van der Waals surface area contributed by atoms with Crippen LogP contribution in [-0.4, -0.2) is 0 Å². The van der Waals surface area contributed by atoms with Gasteiger partial charge in [-0.25, -0.2) is 0 Å². The van der Waals surface area contributed by atoms with Crippen molar-refractivity contribution < 1.29 is 4.42 Å². The highest BCUT2D eigenvalue weighted by atomic mass is 16.3. The van der Waals surface area contributed by atoms with Crippen LogP contribution >= 0.6 is 0 Å². The van der Waals surface area contributed by atoms with Crippen molar-refractivity contribution in [2.45, 2.75) is 0 Å². The monoisotopic (exact) mass is 713 g/mol. The number of benzene rings is 10. The molecule has 0 spiro atoms. The van der Waals surface area contributed by atoms with Gasteiger partial charge in [-0.05, 0) is 103 Å². The Labute approximate surface area is 325 Å². The van der Waals surface area contributed by atoms with Crippen LogP contribution in [0.25, 0.3) is 87.6 Å². The first kappa shape index (κ1) is 32.0. The lowest BCUT2D eigenvalue weighted by molar-refractivity contribution is 0.669. The molecule has 0 fully saturated rings. The fraction of sp³-hybridized carbons (Fsp3) is 0. The number of fused-ring (bicyclic) bond motifs is 10. The van der Waals surface area contributed by atoms with Crippen LogP contribution in [-0.2, 0) is 0 Å². The van der Waals surface area contributed by atoms with Crippen LogP contribution in [0.4, 0.5) is 17.1 Å². The second-order valence-corrected chi connectivity index (χ2v) is 14.4. The predicted molar refractivity (Wildman–Crippen MR) is 237 cm³/mol. The molecule has 1 aromatic heterocycles. The van der Waals surface area contributed by atoms with Crippen LogP contribution in [0.3, 0.4) is 0 Å². The van der Waals surface area contributed by atoms with E-state index in [1.54, 1.807) is 0 Å². The van der Waals surface area contributed by atoms with Gasteiger partial charge in [-0.2, -0.15) is 0 Å². The first-order chi connectivity index (χ1) is 27.8. The number of hydrogen-bond acceptors (Lipinski definition) is 2. The zero-order valence-corrected chi connectivity index (χ0v) is 30.6. The predicted octanol–water partition coefficient (Wildman–Crippen LogP) is 15.5. The molecule has 0 bridgehead atoms. The Morgan fingerprint density at radius 2 is 0.839 bits per heavy atom. The van der Waals surface area contributed by atoms with Crippen molar-refractivity contribution in [3.8, 4) is 33.4 Å². The number of anilines is 3. The molecule has 0 atom stereocenters. The number of rotatable bonds is 6. The smallest absolute Gasteiger partial charge is 0.136 e. The van der Waals surface area contributed by atoms with E-state index in [2.05, 4.69) is 211 Å². The molecule has 0 radical (unpaired) electrons. The minimum absolute atomic E-state index is 0.915. The summed E-state index contributed by atoms with van der Waals surface area (Å²) in [4.78, 5) is 2.40. The molecule has 262 valence electrons. The number of furan rings is 1. The van der Waals surface area contributed by atoms with Crippen LogP contribution in [0.1, 0.15) is 0 Å². The van der Waals surface area contributed by atoms with Gasteiger partial charge >= 0.3 is 0 Å². The van der Waals surface area contributed by atoms with Crippen LogP contribution < -0.4 is 4.90 Å². The van der Waals surface area contributed by atoms with E-state index in [0.29, 0.717) is 0 Å². The summed E-state index contributed by atoms with van der Waals surface area (Å²) in [5.74, 6) is 0. The average Bonchev–Trinajstić information content (AvgIpc) is 3.66. The fourth-order valence-corrected chi connectivity index (χ4v) is 8.75. The summed E-state index contributed by atoms with van der Waals surface area (Å²) in [6.45, 7) is 0. The van der Waals surface area contributed by atoms with Gasteiger partial charge in [0.05, 0.1) is 5.69 Å². The minimum Gasteiger partial charge on any atom is -0.456 e. The summed E-state index contributed by atoms with van der Waals surface area (Å²) in [5.41, 5.74) is 12.2. The molecular weight excluding hydrogens is 679 g/mol. The van der Waals surface area contributed by atoms with Crippen molar-refractivity contribution in [2.75, 3.05) is 4.90 Å². The van der Waals surface area contributed by atoms with Gasteiger partial charge in [-0.1, -0.05) is 164 Å². The second kappa shape index (κ2) is 13.2. The Hall–Kier alpha value is -7.42. The first-order valence-corrected chi connectivity index (χ1v) is 19.2. The highest BCUT2D eigenvalue weighted by Crippen LogP contribution is 2.47. The second-order valence-electron chi connectivity index (χ2n) is 14.4. The molecule has 2 heteroatoms. The van der Waals surface area contributed by atoms with Crippen molar-refractivity contribution in [3.63, 3.8) is 0 Å². The molecule has 11 aromatic rings.